The normalized spacial score (nSPS) is 33.6. The van der Waals surface area contributed by atoms with Crippen LogP contribution in [0.25, 0.3) is 0 Å². The fraction of sp³-hybridized carbons (Fsp3) is 1.00. The monoisotopic (exact) mass is 198 g/mol. The molecule has 3 nitrogen and oxygen atoms in total. The minimum absolute atomic E-state index is 0.0873. The second-order valence-corrected chi connectivity index (χ2v) is 5.21. The zero-order valence-corrected chi connectivity index (χ0v) is 7.61. The maximum absolute atomic E-state index is 10.6. The molecule has 0 radical (unpaired) electrons. The Balaban J connectivity index is 2.60. The van der Waals surface area contributed by atoms with Crippen molar-refractivity contribution in [3.8, 4) is 0 Å². The molecule has 0 aliphatic heterocycles. The van der Waals surface area contributed by atoms with Crippen LogP contribution in [0.4, 0.5) is 0 Å². The first kappa shape index (κ1) is 9.29. The Hall–Kier alpha value is 0.200. The zero-order chi connectivity index (χ0) is 8.48. The van der Waals surface area contributed by atoms with Crippen LogP contribution >= 0.6 is 11.6 Å². The molecule has 2 unspecified atom stereocenters. The number of hydrogen-bond acceptors (Lipinski definition) is 2. The largest absolute Gasteiger partial charge is 0.285 e. The van der Waals surface area contributed by atoms with E-state index in [0.29, 0.717) is 12.8 Å². The third-order valence-electron chi connectivity index (χ3n) is 1.98. The molecular formula is C6H11ClO3S. The molecule has 1 N–H and O–H groups in total. The minimum Gasteiger partial charge on any atom is -0.285 e. The lowest BCUT2D eigenvalue weighted by molar-refractivity contribution is 0.428. The third kappa shape index (κ3) is 2.61. The lowest BCUT2D eigenvalue weighted by Gasteiger charge is -2.22. The van der Waals surface area contributed by atoms with Gasteiger partial charge in [0.15, 0.2) is 0 Å². The average Bonchev–Trinajstić information content (AvgIpc) is 1.86. The molecule has 1 saturated carbocycles. The van der Waals surface area contributed by atoms with E-state index < -0.39 is 15.4 Å². The van der Waals surface area contributed by atoms with Gasteiger partial charge in [0.1, 0.15) is 0 Å². The standard InChI is InChI=1S/C6H11ClO3S/c7-5-2-1-3-6(4-5)11(8,9)10/h5-6H,1-4H2,(H,8,9,10). The van der Waals surface area contributed by atoms with Crippen LogP contribution in [-0.4, -0.2) is 23.6 Å². The van der Waals surface area contributed by atoms with Crippen molar-refractivity contribution in [2.75, 3.05) is 0 Å². The zero-order valence-electron chi connectivity index (χ0n) is 6.03. The van der Waals surface area contributed by atoms with Gasteiger partial charge in [-0.15, -0.1) is 11.6 Å². The van der Waals surface area contributed by atoms with E-state index in [9.17, 15) is 8.42 Å². The van der Waals surface area contributed by atoms with E-state index in [1.165, 1.54) is 0 Å². The molecular weight excluding hydrogens is 188 g/mol. The predicted molar refractivity (Wildman–Crippen MR) is 43.4 cm³/mol. The lowest BCUT2D eigenvalue weighted by Crippen LogP contribution is -2.27. The molecule has 1 aliphatic rings. The smallest absolute Gasteiger partial charge is 0.267 e. The van der Waals surface area contributed by atoms with Crippen LogP contribution in [0.5, 0.6) is 0 Å². The first-order valence-electron chi connectivity index (χ1n) is 3.60. The lowest BCUT2D eigenvalue weighted by atomic mass is 10.00. The molecule has 66 valence electrons. The van der Waals surface area contributed by atoms with Gasteiger partial charge in [0.2, 0.25) is 0 Å². The van der Waals surface area contributed by atoms with E-state index >= 15 is 0 Å². The van der Waals surface area contributed by atoms with Crippen molar-refractivity contribution in [2.24, 2.45) is 0 Å². The van der Waals surface area contributed by atoms with Crippen molar-refractivity contribution in [3.05, 3.63) is 0 Å². The Bertz CT molecular complexity index is 224. The van der Waals surface area contributed by atoms with Gasteiger partial charge in [0.25, 0.3) is 10.1 Å². The van der Waals surface area contributed by atoms with Gasteiger partial charge in [-0.2, -0.15) is 8.42 Å². The molecule has 0 saturated heterocycles. The summed E-state index contributed by atoms with van der Waals surface area (Å²) in [5.41, 5.74) is 0. The van der Waals surface area contributed by atoms with Crippen molar-refractivity contribution in [1.29, 1.82) is 0 Å². The summed E-state index contributed by atoms with van der Waals surface area (Å²) in [4.78, 5) is 0. The van der Waals surface area contributed by atoms with Crippen LogP contribution in [0.2, 0.25) is 0 Å². The van der Waals surface area contributed by atoms with Crippen LogP contribution in [-0.2, 0) is 10.1 Å². The van der Waals surface area contributed by atoms with E-state index in [-0.39, 0.29) is 5.38 Å². The predicted octanol–water partition coefficient (Wildman–Crippen LogP) is 1.42. The van der Waals surface area contributed by atoms with Crippen molar-refractivity contribution in [3.63, 3.8) is 0 Å². The van der Waals surface area contributed by atoms with E-state index in [4.69, 9.17) is 16.2 Å². The third-order valence-corrected chi connectivity index (χ3v) is 3.65. The highest BCUT2D eigenvalue weighted by atomic mass is 35.5. The van der Waals surface area contributed by atoms with E-state index in [1.54, 1.807) is 0 Å². The van der Waals surface area contributed by atoms with Gasteiger partial charge in [0.05, 0.1) is 5.25 Å². The van der Waals surface area contributed by atoms with E-state index in [1.807, 2.05) is 0 Å². The maximum atomic E-state index is 10.6. The summed E-state index contributed by atoms with van der Waals surface area (Å²) in [6, 6.07) is 0. The van der Waals surface area contributed by atoms with Crippen LogP contribution in [0.15, 0.2) is 0 Å². The highest BCUT2D eigenvalue weighted by Crippen LogP contribution is 2.26. The fourth-order valence-electron chi connectivity index (χ4n) is 1.36. The SMILES string of the molecule is O=S(=O)(O)C1CCCC(Cl)C1. The maximum Gasteiger partial charge on any atom is 0.267 e. The van der Waals surface area contributed by atoms with Gasteiger partial charge in [-0.05, 0) is 19.3 Å². The van der Waals surface area contributed by atoms with Gasteiger partial charge in [-0.3, -0.25) is 4.55 Å². The highest BCUT2D eigenvalue weighted by molar-refractivity contribution is 7.86. The first-order chi connectivity index (χ1) is 5.00. The second-order valence-electron chi connectivity index (χ2n) is 2.90. The van der Waals surface area contributed by atoms with Gasteiger partial charge < -0.3 is 0 Å². The summed E-state index contributed by atoms with van der Waals surface area (Å²) in [6.07, 6.45) is 2.58. The van der Waals surface area contributed by atoms with Crippen LogP contribution in [0.1, 0.15) is 25.7 Å². The molecule has 1 aliphatic carbocycles. The Morgan fingerprint density at radius 2 is 2.00 bits per heavy atom. The summed E-state index contributed by atoms with van der Waals surface area (Å²) in [5, 5.41) is -0.713. The van der Waals surface area contributed by atoms with Crippen molar-refractivity contribution < 1.29 is 13.0 Å². The molecule has 0 amide bonds. The van der Waals surface area contributed by atoms with Gasteiger partial charge in [0, 0.05) is 5.38 Å². The summed E-state index contributed by atoms with van der Waals surface area (Å²) in [6.45, 7) is 0. The summed E-state index contributed by atoms with van der Waals surface area (Å²) in [5.74, 6) is 0. The topological polar surface area (TPSA) is 54.4 Å². The quantitative estimate of drug-likeness (QED) is 0.512. The molecule has 0 heterocycles. The summed E-state index contributed by atoms with van der Waals surface area (Å²) in [7, 11) is -3.84. The molecule has 5 heteroatoms. The fourth-order valence-corrected chi connectivity index (χ4v) is 2.77. The number of hydrogen-bond donors (Lipinski definition) is 1. The number of alkyl halides is 1. The minimum atomic E-state index is -3.84. The second kappa shape index (κ2) is 3.29. The highest BCUT2D eigenvalue weighted by Gasteiger charge is 2.29. The number of rotatable bonds is 1. The molecule has 0 spiro atoms. The first-order valence-corrected chi connectivity index (χ1v) is 5.54. The van der Waals surface area contributed by atoms with Crippen molar-refractivity contribution in [2.45, 2.75) is 36.3 Å². The Labute approximate surface area is 71.5 Å². The Morgan fingerprint density at radius 1 is 1.36 bits per heavy atom. The Morgan fingerprint density at radius 3 is 2.36 bits per heavy atom. The Kier molecular flexibility index (Phi) is 2.78. The van der Waals surface area contributed by atoms with Gasteiger partial charge in [-0.25, -0.2) is 0 Å². The molecule has 0 aromatic heterocycles. The van der Waals surface area contributed by atoms with Crippen molar-refractivity contribution >= 4 is 21.7 Å². The molecule has 0 aromatic rings. The average molecular weight is 199 g/mol. The van der Waals surface area contributed by atoms with E-state index in [0.717, 1.165) is 12.8 Å². The van der Waals surface area contributed by atoms with Crippen molar-refractivity contribution in [1.82, 2.24) is 0 Å². The molecule has 11 heavy (non-hydrogen) atoms. The van der Waals surface area contributed by atoms with Crippen LogP contribution < -0.4 is 0 Å². The molecule has 0 aromatic carbocycles. The van der Waals surface area contributed by atoms with Gasteiger partial charge >= 0.3 is 0 Å². The summed E-state index contributed by atoms with van der Waals surface area (Å²) < 4.78 is 29.9. The summed E-state index contributed by atoms with van der Waals surface area (Å²) >= 11 is 5.74. The van der Waals surface area contributed by atoms with E-state index in [2.05, 4.69) is 0 Å². The van der Waals surface area contributed by atoms with Crippen LogP contribution in [0.3, 0.4) is 0 Å². The molecule has 2 atom stereocenters. The number of halogens is 1. The molecule has 1 fully saturated rings. The molecule has 1 rings (SSSR count). The molecule has 0 bridgehead atoms. The van der Waals surface area contributed by atoms with Gasteiger partial charge in [-0.1, -0.05) is 6.42 Å². The van der Waals surface area contributed by atoms with Crippen LogP contribution in [0, 0.1) is 0 Å².